The lowest BCUT2D eigenvalue weighted by Gasteiger charge is -2.36. The van der Waals surface area contributed by atoms with E-state index in [1.165, 1.54) is 36.8 Å². The molecule has 2 nitrogen and oxygen atoms in total. The van der Waals surface area contributed by atoms with Crippen LogP contribution in [-0.4, -0.2) is 14.9 Å². The van der Waals surface area contributed by atoms with E-state index >= 15 is 0 Å². The Labute approximate surface area is 162 Å². The number of hydrogen-bond acceptors (Lipinski definition) is 2. The molecule has 0 saturated carbocycles. The van der Waals surface area contributed by atoms with Gasteiger partial charge in [0.2, 0.25) is 0 Å². The Morgan fingerprint density at radius 1 is 0.885 bits per heavy atom. The van der Waals surface area contributed by atoms with E-state index in [1.54, 1.807) is 0 Å². The molecule has 0 aromatic heterocycles. The average Bonchev–Trinajstić information content (AvgIpc) is 2.58. The van der Waals surface area contributed by atoms with Crippen molar-refractivity contribution in [3.8, 4) is 11.8 Å². The zero-order valence-corrected chi connectivity index (χ0v) is 18.8. The first-order chi connectivity index (χ1) is 12.3. The van der Waals surface area contributed by atoms with Crippen LogP contribution in [0.1, 0.15) is 70.9 Å². The third kappa shape index (κ3) is 9.03. The molecular formula is C23H38O2Si. The summed E-state index contributed by atoms with van der Waals surface area (Å²) in [5.74, 6) is 6.30. The van der Waals surface area contributed by atoms with Crippen LogP contribution in [0.2, 0.25) is 18.1 Å². The Kier molecular flexibility index (Phi) is 10.2. The van der Waals surface area contributed by atoms with E-state index < -0.39 is 8.32 Å². The molecule has 0 atom stereocenters. The molecule has 1 aromatic carbocycles. The normalized spacial score (nSPS) is 11.9. The van der Waals surface area contributed by atoms with Crippen molar-refractivity contribution in [2.45, 2.75) is 91.1 Å². The van der Waals surface area contributed by atoms with Crippen molar-refractivity contribution in [3.63, 3.8) is 0 Å². The van der Waals surface area contributed by atoms with E-state index in [2.05, 4.69) is 76.9 Å². The zero-order chi connectivity index (χ0) is 19.5. The first-order valence-corrected chi connectivity index (χ1v) is 12.9. The monoisotopic (exact) mass is 374 g/mol. The number of rotatable bonds is 10. The minimum absolute atomic E-state index is 0.248. The van der Waals surface area contributed by atoms with Gasteiger partial charge in [0, 0.05) is 6.42 Å². The number of benzene rings is 1. The quantitative estimate of drug-likeness (QED) is 0.258. The predicted octanol–water partition coefficient (Wildman–Crippen LogP) is 6.70. The molecule has 0 saturated heterocycles. The van der Waals surface area contributed by atoms with Crippen LogP contribution in [0, 0.1) is 11.8 Å². The maximum absolute atomic E-state index is 6.27. The van der Waals surface area contributed by atoms with Crippen molar-refractivity contribution in [1.29, 1.82) is 0 Å². The van der Waals surface area contributed by atoms with Gasteiger partial charge < -0.3 is 9.16 Å². The van der Waals surface area contributed by atoms with Crippen LogP contribution < -0.4 is 0 Å². The third-order valence-corrected chi connectivity index (χ3v) is 9.63. The van der Waals surface area contributed by atoms with Crippen LogP contribution in [0.4, 0.5) is 0 Å². The van der Waals surface area contributed by atoms with Gasteiger partial charge >= 0.3 is 0 Å². The maximum atomic E-state index is 6.27. The minimum atomic E-state index is -1.69. The molecule has 3 heteroatoms. The van der Waals surface area contributed by atoms with Gasteiger partial charge in [-0.25, -0.2) is 0 Å². The largest absolute Gasteiger partial charge is 0.413 e. The van der Waals surface area contributed by atoms with Crippen LogP contribution in [0.15, 0.2) is 24.3 Å². The van der Waals surface area contributed by atoms with E-state index in [4.69, 9.17) is 9.16 Å². The van der Waals surface area contributed by atoms with Crippen molar-refractivity contribution < 1.29 is 9.16 Å². The van der Waals surface area contributed by atoms with Crippen LogP contribution in [0.5, 0.6) is 0 Å². The van der Waals surface area contributed by atoms with Gasteiger partial charge in [0.05, 0.1) is 13.2 Å². The van der Waals surface area contributed by atoms with Crippen LogP contribution in [0.3, 0.4) is 0 Å². The lowest BCUT2D eigenvalue weighted by molar-refractivity contribution is 0.153. The van der Waals surface area contributed by atoms with Crippen molar-refractivity contribution in [1.82, 2.24) is 0 Å². The second-order valence-electron chi connectivity index (χ2n) is 8.52. The smallest absolute Gasteiger partial charge is 0.192 e. The summed E-state index contributed by atoms with van der Waals surface area (Å²) in [5.41, 5.74) is 2.41. The Balaban J connectivity index is 2.28. The van der Waals surface area contributed by atoms with E-state index in [0.717, 1.165) is 6.42 Å². The fourth-order valence-electron chi connectivity index (χ4n) is 2.21. The maximum Gasteiger partial charge on any atom is 0.192 e. The Morgan fingerprint density at radius 2 is 1.50 bits per heavy atom. The summed E-state index contributed by atoms with van der Waals surface area (Å²) >= 11 is 0. The summed E-state index contributed by atoms with van der Waals surface area (Å²) in [4.78, 5) is 0. The number of unbranched alkanes of at least 4 members (excludes halogenated alkanes) is 4. The molecule has 0 spiro atoms. The topological polar surface area (TPSA) is 18.5 Å². The lowest BCUT2D eigenvalue weighted by Crippen LogP contribution is -2.40. The van der Waals surface area contributed by atoms with Gasteiger partial charge in [-0.1, -0.05) is 77.1 Å². The number of hydrogen-bond donors (Lipinski definition) is 0. The summed E-state index contributed by atoms with van der Waals surface area (Å²) in [7, 11) is -1.69. The first-order valence-electron chi connectivity index (χ1n) is 10.0. The third-order valence-electron chi connectivity index (χ3n) is 5.15. The second kappa shape index (κ2) is 11.6. The molecule has 0 N–H and O–H groups in total. The van der Waals surface area contributed by atoms with Gasteiger partial charge in [-0.15, -0.1) is 5.92 Å². The summed E-state index contributed by atoms with van der Waals surface area (Å²) < 4.78 is 11.9. The fraction of sp³-hybridized carbons (Fsp3) is 0.652. The molecule has 0 unspecified atom stereocenters. The molecule has 0 fully saturated rings. The average molecular weight is 375 g/mol. The van der Waals surface area contributed by atoms with Gasteiger partial charge in [0.1, 0.15) is 6.61 Å². The van der Waals surface area contributed by atoms with Crippen molar-refractivity contribution >= 4 is 8.32 Å². The van der Waals surface area contributed by atoms with Gasteiger partial charge in [0.25, 0.3) is 0 Å². The zero-order valence-electron chi connectivity index (χ0n) is 17.8. The molecule has 0 aliphatic carbocycles. The summed E-state index contributed by atoms with van der Waals surface area (Å²) in [6.07, 6.45) is 6.08. The molecule has 0 bridgehead atoms. The molecule has 0 aliphatic rings. The van der Waals surface area contributed by atoms with E-state index in [1.807, 2.05) is 0 Å². The molecule has 1 aromatic rings. The van der Waals surface area contributed by atoms with Gasteiger partial charge in [-0.2, -0.15) is 0 Å². The second-order valence-corrected chi connectivity index (χ2v) is 13.3. The van der Waals surface area contributed by atoms with E-state index in [0.29, 0.717) is 19.8 Å². The molecule has 1 rings (SSSR count). The molecule has 0 heterocycles. The predicted molar refractivity (Wildman–Crippen MR) is 115 cm³/mol. The highest BCUT2D eigenvalue weighted by Gasteiger charge is 2.36. The summed E-state index contributed by atoms with van der Waals surface area (Å²) in [5, 5.41) is 0.248. The summed E-state index contributed by atoms with van der Waals surface area (Å²) in [6, 6.07) is 8.54. The Bertz CT molecular complexity index is 559. The van der Waals surface area contributed by atoms with Crippen LogP contribution >= 0.6 is 0 Å². The molecule has 26 heavy (non-hydrogen) atoms. The minimum Gasteiger partial charge on any atom is -0.413 e. The highest BCUT2D eigenvalue weighted by Crippen LogP contribution is 2.37. The number of ether oxygens (including phenoxy) is 1. The molecule has 0 amide bonds. The highest BCUT2D eigenvalue weighted by atomic mass is 28.4. The lowest BCUT2D eigenvalue weighted by atomic mass is 10.1. The van der Waals surface area contributed by atoms with Gasteiger partial charge in [-0.05, 0) is 35.7 Å². The van der Waals surface area contributed by atoms with E-state index in [-0.39, 0.29) is 5.04 Å². The standard InChI is InChI=1S/C23H38O2Si/c1-7-8-9-10-11-12-13-18-24-19-21-14-16-22(17-15-21)20-25-26(5,6)23(2,3)4/h14-17H,7-11,18-20H2,1-6H3. The highest BCUT2D eigenvalue weighted by molar-refractivity contribution is 6.74. The van der Waals surface area contributed by atoms with Crippen LogP contribution in [0.25, 0.3) is 0 Å². The first kappa shape index (κ1) is 23.0. The Morgan fingerprint density at radius 3 is 2.08 bits per heavy atom. The van der Waals surface area contributed by atoms with Gasteiger partial charge in [0.15, 0.2) is 8.32 Å². The van der Waals surface area contributed by atoms with E-state index in [9.17, 15) is 0 Å². The molecule has 0 radical (unpaired) electrons. The van der Waals surface area contributed by atoms with Crippen molar-refractivity contribution in [2.24, 2.45) is 0 Å². The molecule has 0 aliphatic heterocycles. The van der Waals surface area contributed by atoms with Crippen molar-refractivity contribution in [3.05, 3.63) is 35.4 Å². The Hall–Kier alpha value is -1.08. The van der Waals surface area contributed by atoms with Gasteiger partial charge in [-0.3, -0.25) is 0 Å². The summed E-state index contributed by atoms with van der Waals surface area (Å²) in [6.45, 7) is 15.5. The van der Waals surface area contributed by atoms with Crippen LogP contribution in [-0.2, 0) is 22.4 Å². The molecular weight excluding hydrogens is 336 g/mol. The van der Waals surface area contributed by atoms with Crippen molar-refractivity contribution in [2.75, 3.05) is 6.61 Å². The molecule has 146 valence electrons. The SMILES string of the molecule is CCCCCCC#CCOCc1ccc(CO[Si](C)(C)C(C)(C)C)cc1. The fourth-order valence-corrected chi connectivity index (χ4v) is 3.17.